The van der Waals surface area contributed by atoms with Crippen LogP contribution in [0.1, 0.15) is 22.3 Å². The van der Waals surface area contributed by atoms with Gasteiger partial charge in [0, 0.05) is 13.0 Å². The molecule has 0 saturated heterocycles. The highest BCUT2D eigenvalue weighted by atomic mass is 19.1. The first-order valence-corrected chi connectivity index (χ1v) is 5.06. The number of nitrogens with zero attached hydrogens (tertiary/aromatic N) is 1. The number of carbonyl (C=O) groups is 1. The van der Waals surface area contributed by atoms with Crippen LogP contribution in [-0.2, 0) is 0 Å². The molecule has 0 aliphatic heterocycles. The molecule has 0 spiro atoms. The number of ketones is 1. The summed E-state index contributed by atoms with van der Waals surface area (Å²) in [5.74, 6) is -2.02. The molecule has 0 fully saturated rings. The van der Waals surface area contributed by atoms with Crippen molar-refractivity contribution in [3.8, 4) is 0 Å². The molecule has 0 atom stereocenters. The second kappa shape index (κ2) is 5.16. The summed E-state index contributed by atoms with van der Waals surface area (Å²) in [4.78, 5) is 13.4. The standard InChI is InChI=1S/C12H15F2NO/c1-8-4-5-9(13)11(12(8)14)10(16)6-7-15(2)3/h4-5H,6-7H2,1-3H3. The van der Waals surface area contributed by atoms with Crippen LogP contribution in [0.5, 0.6) is 0 Å². The van der Waals surface area contributed by atoms with Crippen molar-refractivity contribution in [2.45, 2.75) is 13.3 Å². The number of rotatable bonds is 4. The van der Waals surface area contributed by atoms with Crippen molar-refractivity contribution in [3.63, 3.8) is 0 Å². The van der Waals surface area contributed by atoms with E-state index >= 15 is 0 Å². The Morgan fingerprint density at radius 3 is 2.50 bits per heavy atom. The number of Topliss-reactive ketones (excluding diaryl/α,β-unsaturated/α-hetero) is 1. The van der Waals surface area contributed by atoms with E-state index < -0.39 is 23.0 Å². The van der Waals surface area contributed by atoms with Crippen LogP contribution in [0.3, 0.4) is 0 Å². The van der Waals surface area contributed by atoms with Gasteiger partial charge in [-0.15, -0.1) is 0 Å². The van der Waals surface area contributed by atoms with Gasteiger partial charge < -0.3 is 4.90 Å². The van der Waals surface area contributed by atoms with E-state index in [1.54, 1.807) is 19.0 Å². The van der Waals surface area contributed by atoms with Crippen LogP contribution in [-0.4, -0.2) is 31.3 Å². The van der Waals surface area contributed by atoms with Crippen LogP contribution in [0.4, 0.5) is 8.78 Å². The molecule has 0 unspecified atom stereocenters. The van der Waals surface area contributed by atoms with Gasteiger partial charge in [-0.3, -0.25) is 4.79 Å². The molecule has 0 N–H and O–H groups in total. The molecule has 0 radical (unpaired) electrons. The van der Waals surface area contributed by atoms with Gasteiger partial charge in [0.1, 0.15) is 11.6 Å². The lowest BCUT2D eigenvalue weighted by Gasteiger charge is -2.10. The zero-order valence-corrected chi connectivity index (χ0v) is 9.68. The molecule has 0 aliphatic carbocycles. The van der Waals surface area contributed by atoms with E-state index in [1.807, 2.05) is 0 Å². The van der Waals surface area contributed by atoms with Crippen LogP contribution < -0.4 is 0 Å². The van der Waals surface area contributed by atoms with Gasteiger partial charge in [-0.25, -0.2) is 8.78 Å². The number of aryl methyl sites for hydroxylation is 1. The summed E-state index contributed by atoms with van der Waals surface area (Å²) in [6.45, 7) is 1.99. The van der Waals surface area contributed by atoms with E-state index in [-0.39, 0.29) is 12.0 Å². The first kappa shape index (κ1) is 12.8. The Morgan fingerprint density at radius 1 is 1.31 bits per heavy atom. The van der Waals surface area contributed by atoms with Gasteiger partial charge in [0.25, 0.3) is 0 Å². The van der Waals surface area contributed by atoms with Crippen molar-refractivity contribution >= 4 is 5.78 Å². The largest absolute Gasteiger partial charge is 0.309 e. The minimum absolute atomic E-state index is 0.115. The summed E-state index contributed by atoms with van der Waals surface area (Å²) in [7, 11) is 3.60. The molecule has 88 valence electrons. The van der Waals surface area contributed by atoms with Gasteiger partial charge in [-0.05, 0) is 32.6 Å². The lowest BCUT2D eigenvalue weighted by Crippen LogP contribution is -2.18. The molecule has 0 saturated carbocycles. The lowest BCUT2D eigenvalue weighted by atomic mass is 10.0. The van der Waals surface area contributed by atoms with E-state index in [2.05, 4.69) is 0 Å². The SMILES string of the molecule is Cc1ccc(F)c(C(=O)CCN(C)C)c1F. The fraction of sp³-hybridized carbons (Fsp3) is 0.417. The second-order valence-corrected chi connectivity index (χ2v) is 4.03. The predicted octanol–water partition coefficient (Wildman–Crippen LogP) is 2.41. The van der Waals surface area contributed by atoms with Crippen LogP contribution in [0.25, 0.3) is 0 Å². The summed E-state index contributed by atoms with van der Waals surface area (Å²) in [6.07, 6.45) is 0.115. The fourth-order valence-electron chi connectivity index (χ4n) is 1.36. The number of hydrogen-bond acceptors (Lipinski definition) is 2. The summed E-state index contributed by atoms with van der Waals surface area (Å²) < 4.78 is 26.9. The maximum absolute atomic E-state index is 13.6. The maximum Gasteiger partial charge on any atom is 0.170 e. The Labute approximate surface area is 93.9 Å². The monoisotopic (exact) mass is 227 g/mol. The number of halogens is 2. The van der Waals surface area contributed by atoms with Gasteiger partial charge >= 0.3 is 0 Å². The highest BCUT2D eigenvalue weighted by Crippen LogP contribution is 2.17. The topological polar surface area (TPSA) is 20.3 Å². The molecule has 16 heavy (non-hydrogen) atoms. The highest BCUT2D eigenvalue weighted by molar-refractivity contribution is 5.96. The Balaban J connectivity index is 2.95. The van der Waals surface area contributed by atoms with E-state index in [4.69, 9.17) is 0 Å². The van der Waals surface area contributed by atoms with Crippen LogP contribution >= 0.6 is 0 Å². The predicted molar refractivity (Wildman–Crippen MR) is 58.6 cm³/mol. The average Bonchev–Trinajstić information content (AvgIpc) is 2.21. The number of carbonyl (C=O) groups excluding carboxylic acids is 1. The third kappa shape index (κ3) is 2.85. The molecular formula is C12H15F2NO. The summed E-state index contributed by atoms with van der Waals surface area (Å²) in [5.41, 5.74) is -0.128. The molecule has 1 rings (SSSR count). The van der Waals surface area contributed by atoms with Crippen molar-refractivity contribution in [2.75, 3.05) is 20.6 Å². The van der Waals surface area contributed by atoms with Crippen molar-refractivity contribution < 1.29 is 13.6 Å². The minimum Gasteiger partial charge on any atom is -0.309 e. The molecule has 0 amide bonds. The summed E-state index contributed by atoms with van der Waals surface area (Å²) >= 11 is 0. The van der Waals surface area contributed by atoms with Crippen molar-refractivity contribution in [3.05, 3.63) is 34.9 Å². The third-order valence-corrected chi connectivity index (χ3v) is 2.35. The first-order chi connectivity index (χ1) is 7.43. The van der Waals surface area contributed by atoms with E-state index in [0.29, 0.717) is 6.54 Å². The second-order valence-electron chi connectivity index (χ2n) is 4.03. The Morgan fingerprint density at radius 2 is 1.94 bits per heavy atom. The number of benzene rings is 1. The molecule has 2 nitrogen and oxygen atoms in total. The smallest absolute Gasteiger partial charge is 0.170 e. The first-order valence-electron chi connectivity index (χ1n) is 5.06. The quantitative estimate of drug-likeness (QED) is 0.736. The molecule has 1 aromatic carbocycles. The molecule has 0 bridgehead atoms. The Bertz CT molecular complexity index is 402. The van der Waals surface area contributed by atoms with Crippen LogP contribution in [0.2, 0.25) is 0 Å². The highest BCUT2D eigenvalue weighted by Gasteiger charge is 2.18. The van der Waals surface area contributed by atoms with E-state index in [9.17, 15) is 13.6 Å². The van der Waals surface area contributed by atoms with Gasteiger partial charge in [0.2, 0.25) is 0 Å². The third-order valence-electron chi connectivity index (χ3n) is 2.35. The summed E-state index contributed by atoms with van der Waals surface area (Å²) in [6, 6.07) is 2.45. The number of hydrogen-bond donors (Lipinski definition) is 0. The lowest BCUT2D eigenvalue weighted by molar-refractivity contribution is 0.0964. The van der Waals surface area contributed by atoms with Gasteiger partial charge in [-0.2, -0.15) is 0 Å². The molecule has 4 heteroatoms. The molecule has 0 heterocycles. The zero-order chi connectivity index (χ0) is 12.3. The van der Waals surface area contributed by atoms with Gasteiger partial charge in [0.15, 0.2) is 5.78 Å². The van der Waals surface area contributed by atoms with Crippen LogP contribution in [0, 0.1) is 18.6 Å². The van der Waals surface area contributed by atoms with E-state index in [0.717, 1.165) is 6.07 Å². The summed E-state index contributed by atoms with van der Waals surface area (Å²) in [5, 5.41) is 0. The molecule has 1 aromatic rings. The van der Waals surface area contributed by atoms with Crippen molar-refractivity contribution in [1.29, 1.82) is 0 Å². The molecular weight excluding hydrogens is 212 g/mol. The van der Waals surface area contributed by atoms with Gasteiger partial charge in [0.05, 0.1) is 5.56 Å². The van der Waals surface area contributed by atoms with Gasteiger partial charge in [-0.1, -0.05) is 6.07 Å². The Hall–Kier alpha value is -1.29. The van der Waals surface area contributed by atoms with Crippen molar-refractivity contribution in [2.24, 2.45) is 0 Å². The Kier molecular flexibility index (Phi) is 4.12. The molecule has 0 aromatic heterocycles. The normalized spacial score (nSPS) is 10.9. The zero-order valence-electron chi connectivity index (χ0n) is 9.68. The van der Waals surface area contributed by atoms with Crippen LogP contribution in [0.15, 0.2) is 12.1 Å². The average molecular weight is 227 g/mol. The van der Waals surface area contributed by atoms with Crippen molar-refractivity contribution in [1.82, 2.24) is 4.90 Å². The maximum atomic E-state index is 13.6. The fourth-order valence-corrected chi connectivity index (χ4v) is 1.36. The molecule has 0 aliphatic rings. The van der Waals surface area contributed by atoms with E-state index in [1.165, 1.54) is 13.0 Å². The minimum atomic E-state index is -0.785.